The summed E-state index contributed by atoms with van der Waals surface area (Å²) in [7, 11) is -9.85. The lowest BCUT2D eigenvalue weighted by Gasteiger charge is -2.22. The number of nitrogens with one attached hydrogen (secondary N) is 4. The van der Waals surface area contributed by atoms with Crippen molar-refractivity contribution in [1.82, 2.24) is 21.3 Å². The van der Waals surface area contributed by atoms with Crippen molar-refractivity contribution in [3.05, 3.63) is 54.1 Å². The van der Waals surface area contributed by atoms with E-state index in [0.717, 1.165) is 154 Å². The predicted molar refractivity (Wildman–Crippen MR) is 472 cm³/mol. The molecule has 0 saturated heterocycles. The number of hydrogen-bond donors (Lipinski definition) is 7. The first-order valence-electron chi connectivity index (χ1n) is 46.6. The second kappa shape index (κ2) is 77.6. The average molecular weight is 1720 g/mol. The van der Waals surface area contributed by atoms with Gasteiger partial charge in [0.2, 0.25) is 23.6 Å². The highest BCUT2D eigenvalue weighted by molar-refractivity contribution is 7.47. The number of esters is 2. The quantitative estimate of drug-likeness (QED) is 0.0105. The van der Waals surface area contributed by atoms with E-state index in [-0.39, 0.29) is 87.8 Å². The lowest BCUT2D eigenvalue weighted by atomic mass is 9.97. The largest absolute Gasteiger partial charge is 0.508 e. The highest BCUT2D eigenvalue weighted by atomic mass is 31.2. The number of allylic oxidation sites excluding steroid dienone is 4. The number of phenolic OH excluding ortho intramolecular Hbond substituents is 1. The van der Waals surface area contributed by atoms with Crippen LogP contribution in [0.15, 0.2) is 48.6 Å². The van der Waals surface area contributed by atoms with E-state index in [4.69, 9.17) is 37.0 Å². The lowest BCUT2D eigenvalue weighted by molar-refractivity contribution is -0.151. The van der Waals surface area contributed by atoms with Crippen LogP contribution in [0, 0.1) is 5.92 Å². The highest BCUT2D eigenvalue weighted by Gasteiger charge is 2.31. The number of amides is 4. The molecule has 0 bridgehead atoms. The molecule has 4 unspecified atom stereocenters. The molecule has 119 heavy (non-hydrogen) atoms. The zero-order chi connectivity index (χ0) is 87.4. The molecule has 0 aromatic heterocycles. The first-order chi connectivity index (χ1) is 57.6. The molecule has 4 amide bonds. The van der Waals surface area contributed by atoms with Crippen LogP contribution in [0.4, 0.5) is 0 Å². The molecular formula is C92H164N4O21P2. The Kier molecular flexibility index (Phi) is 72.9. The summed E-state index contributed by atoms with van der Waals surface area (Å²) >= 11 is 0. The Labute approximate surface area is 717 Å². The Morgan fingerprint density at radius 3 is 1.04 bits per heavy atom. The molecule has 27 heteroatoms. The predicted octanol–water partition coefficient (Wildman–Crippen LogP) is 20.5. The van der Waals surface area contributed by atoms with Gasteiger partial charge >= 0.3 is 27.6 Å². The molecular weight excluding hydrogens is 1560 g/mol. The van der Waals surface area contributed by atoms with E-state index in [1.54, 1.807) is 0 Å². The molecule has 0 aliphatic rings. The fraction of sp³-hybridized carbons (Fsp3) is 0.804. The van der Waals surface area contributed by atoms with Crippen LogP contribution in [0.1, 0.15) is 381 Å². The van der Waals surface area contributed by atoms with Crippen molar-refractivity contribution >= 4 is 62.8 Å². The summed E-state index contributed by atoms with van der Waals surface area (Å²) in [5, 5.41) is 20.5. The van der Waals surface area contributed by atoms with E-state index >= 15 is 0 Å². The number of benzene rings is 1. The van der Waals surface area contributed by atoms with E-state index < -0.39 is 122 Å². The van der Waals surface area contributed by atoms with Crippen molar-refractivity contribution < 1.29 is 99.4 Å². The molecule has 0 aliphatic carbocycles. The van der Waals surface area contributed by atoms with Crippen molar-refractivity contribution in [3.8, 4) is 5.75 Å². The van der Waals surface area contributed by atoms with Crippen LogP contribution in [0.2, 0.25) is 0 Å². The molecule has 0 saturated carbocycles. The number of phenols is 1. The number of aromatic hydroxyl groups is 1. The van der Waals surface area contributed by atoms with Gasteiger partial charge in [0.15, 0.2) is 0 Å². The topological polar surface area (TPSA) is 353 Å². The molecule has 1 aromatic rings. The monoisotopic (exact) mass is 1720 g/mol. The summed E-state index contributed by atoms with van der Waals surface area (Å²) in [6.07, 6.45) is 53.6. The maximum atomic E-state index is 13.9. The van der Waals surface area contributed by atoms with Crippen LogP contribution in [0.3, 0.4) is 0 Å². The molecule has 6 atom stereocenters. The van der Waals surface area contributed by atoms with E-state index in [0.29, 0.717) is 56.9 Å². The minimum absolute atomic E-state index is 0.0689. The third-order valence-electron chi connectivity index (χ3n) is 20.7. The van der Waals surface area contributed by atoms with Crippen LogP contribution in [-0.2, 0) is 90.9 Å². The van der Waals surface area contributed by atoms with Gasteiger partial charge in [0.05, 0.1) is 77.8 Å². The van der Waals surface area contributed by atoms with Gasteiger partial charge in [-0.05, 0) is 114 Å². The minimum Gasteiger partial charge on any atom is -0.508 e. The number of carbonyl (C=O) groups excluding carboxylic acids is 8. The molecule has 1 rings (SSSR count). The summed E-state index contributed by atoms with van der Waals surface area (Å²) in [5.41, 5.74) is 0.465. The number of ether oxygens (including phenoxy) is 4. The van der Waals surface area contributed by atoms with Crippen molar-refractivity contribution in [3.63, 3.8) is 0 Å². The van der Waals surface area contributed by atoms with Gasteiger partial charge < -0.3 is 55.1 Å². The van der Waals surface area contributed by atoms with E-state index in [1.807, 2.05) is 0 Å². The van der Waals surface area contributed by atoms with Gasteiger partial charge in [-0.2, -0.15) is 0 Å². The summed E-state index contributed by atoms with van der Waals surface area (Å²) in [6.45, 7) is 9.67. The van der Waals surface area contributed by atoms with Crippen molar-refractivity contribution in [2.45, 2.75) is 406 Å². The minimum atomic E-state index is -4.93. The normalized spacial score (nSPS) is 13.9. The molecule has 0 spiro atoms. The number of phosphoric ester groups is 2. The summed E-state index contributed by atoms with van der Waals surface area (Å²) in [5.74, 6) is -5.55. The Bertz CT molecular complexity index is 2740. The molecule has 0 fully saturated rings. The molecule has 1 aromatic carbocycles. The summed E-state index contributed by atoms with van der Waals surface area (Å²) in [6, 6.07) is 3.69. The number of Topliss-reactive ketones (excluding diaryl/α,β-unsaturated/α-hetero) is 2. The average Bonchev–Trinajstić information content (AvgIpc) is 0.860. The van der Waals surface area contributed by atoms with E-state index in [2.05, 4.69) is 87.1 Å². The Hall–Kier alpha value is -5.20. The Balaban J connectivity index is 3.17. The van der Waals surface area contributed by atoms with Gasteiger partial charge in [-0.1, -0.05) is 271 Å². The van der Waals surface area contributed by atoms with Gasteiger partial charge in [0.1, 0.15) is 35.4 Å². The molecule has 688 valence electrons. The number of phosphoric acid groups is 2. The maximum absolute atomic E-state index is 13.9. The Morgan fingerprint density at radius 1 is 0.370 bits per heavy atom. The van der Waals surface area contributed by atoms with E-state index in [9.17, 15) is 62.4 Å². The van der Waals surface area contributed by atoms with Gasteiger partial charge in [-0.15, -0.1) is 0 Å². The number of carbonyl (C=O) groups is 8. The zero-order valence-corrected chi connectivity index (χ0v) is 76.4. The number of hydrogen-bond acceptors (Lipinski definition) is 19. The number of rotatable bonds is 86. The molecule has 25 nitrogen and oxygen atoms in total. The zero-order valence-electron chi connectivity index (χ0n) is 74.6. The first-order valence-corrected chi connectivity index (χ1v) is 49.6. The first kappa shape index (κ1) is 112. The van der Waals surface area contributed by atoms with Crippen LogP contribution >= 0.6 is 15.6 Å². The summed E-state index contributed by atoms with van der Waals surface area (Å²) < 4.78 is 72.2. The molecule has 0 radical (unpaired) electrons. The van der Waals surface area contributed by atoms with Crippen molar-refractivity contribution in [1.29, 1.82) is 0 Å². The SMILES string of the molecule is CCCCCC/C=C\CCCC(=O)O[C@H](CCCCCCC)CCOCC(COP(=O)(O)OCCNC(=O)C(Cc1ccc(O)cc1)C(=O)NCCOP(=O)(O)OCC(COCC[C@@H](CCCCCCC)OC(=O)CCC/C=C\CCCCCC)NC(=O)CC(=O)CCCCCCCCCCC)NC(=O)CC(=O)CCCCCCCCCCC. The second-order valence-electron chi connectivity index (χ2n) is 32.1. The van der Waals surface area contributed by atoms with Crippen molar-refractivity contribution in [2.75, 3.05) is 65.9 Å². The number of unbranched alkanes of at least 4 members (excludes halogenated alkanes) is 34. The molecule has 0 aliphatic heterocycles. The van der Waals surface area contributed by atoms with Gasteiger partial charge in [0.25, 0.3) is 0 Å². The molecule has 0 heterocycles. The van der Waals surface area contributed by atoms with Crippen LogP contribution in [0.5, 0.6) is 5.75 Å². The van der Waals surface area contributed by atoms with Crippen LogP contribution in [0.25, 0.3) is 0 Å². The van der Waals surface area contributed by atoms with Crippen molar-refractivity contribution in [2.24, 2.45) is 5.92 Å². The fourth-order valence-electron chi connectivity index (χ4n) is 13.6. The van der Waals surface area contributed by atoms with Gasteiger partial charge in [0, 0.05) is 51.6 Å². The molecule has 7 N–H and O–H groups in total. The lowest BCUT2D eigenvalue weighted by Crippen LogP contribution is -2.44. The smallest absolute Gasteiger partial charge is 0.472 e. The van der Waals surface area contributed by atoms with Crippen LogP contribution < -0.4 is 21.3 Å². The standard InChI is InChI=1S/C92H164N4O21P2/c1-7-13-19-25-29-33-37-43-47-53-82(98)72-87(100)95-79(74-110-67-63-84(55-49-41-23-17-11-5)116-89(102)57-51-45-39-35-31-27-21-15-9-3)76-114-118(106,107)112-69-65-93-91(104)86(71-78-59-61-81(97)62-60-78)92(105)94-66-70-113-119(108,109)115-77-80(96-88(101)73-83(99)54-48-44-38-34-30-26-20-14-8-2)75-111-68-64-85(56-50-42-24-18-12-6)117-90(103)58-52-46-40-36-32-28-22-16-10-4/h35-36,39-40,59-62,79-80,84-86,97H,7-34,37-38,41-58,63-77H2,1-6H3,(H,93,104)(H,94,105)(H,95,100)(H,96,101)(H,106,107)(H,108,109)/b39-35-,40-36-/t79?,80?,84-,85-,86?/m1/s1. The third-order valence-corrected chi connectivity index (χ3v) is 22.7. The summed E-state index contributed by atoms with van der Waals surface area (Å²) in [4.78, 5) is 129. The van der Waals surface area contributed by atoms with Gasteiger partial charge in [-0.25, -0.2) is 9.13 Å². The number of ketones is 2. The third kappa shape index (κ3) is 69.9. The van der Waals surface area contributed by atoms with Crippen LogP contribution in [-0.4, -0.2) is 152 Å². The Morgan fingerprint density at radius 2 is 0.689 bits per heavy atom. The van der Waals surface area contributed by atoms with E-state index in [1.165, 1.54) is 114 Å². The highest BCUT2D eigenvalue weighted by Crippen LogP contribution is 2.44. The maximum Gasteiger partial charge on any atom is 0.472 e. The fourth-order valence-corrected chi connectivity index (χ4v) is 15.1. The van der Waals surface area contributed by atoms with Gasteiger partial charge in [-0.3, -0.25) is 56.5 Å². The second-order valence-corrected chi connectivity index (χ2v) is 35.0.